The van der Waals surface area contributed by atoms with E-state index in [0.717, 1.165) is 51.4 Å². The Kier molecular flexibility index (Phi) is 11.5. The average Bonchev–Trinajstić information content (AvgIpc) is 2.10. The van der Waals surface area contributed by atoms with Crippen molar-refractivity contribution in [1.29, 1.82) is 0 Å². The number of hydrogen-bond acceptors (Lipinski definition) is 2. The molecule has 0 fully saturated rings. The van der Waals surface area contributed by atoms with Crippen molar-refractivity contribution in [3.05, 3.63) is 0 Å². The van der Waals surface area contributed by atoms with Gasteiger partial charge < -0.3 is 9.47 Å². The van der Waals surface area contributed by atoms with Gasteiger partial charge in [0.1, 0.15) is 0 Å². The van der Waals surface area contributed by atoms with E-state index in [4.69, 9.17) is 22.1 Å². The van der Waals surface area contributed by atoms with E-state index in [0.29, 0.717) is 0 Å². The van der Waals surface area contributed by atoms with Crippen molar-refractivity contribution >= 4 is 12.6 Å². The lowest BCUT2D eigenvalue weighted by atomic mass is 10.4. The molecule has 0 spiro atoms. The lowest BCUT2D eigenvalue weighted by molar-refractivity contribution is 0.0470. The summed E-state index contributed by atoms with van der Waals surface area (Å²) < 4.78 is 10.6. The van der Waals surface area contributed by atoms with E-state index in [-0.39, 0.29) is 0 Å². The molecule has 0 saturated carbocycles. The Bertz CT molecular complexity index is 68.9. The number of ether oxygens (including phenoxy) is 2. The summed E-state index contributed by atoms with van der Waals surface area (Å²) in [6.45, 7) is 5.21. The largest absolute Gasteiger partial charge is 0.379 e. The summed E-state index contributed by atoms with van der Waals surface area (Å²) in [4.78, 5) is 0. The quantitative estimate of drug-likeness (QED) is 0.521. The summed E-state index contributed by atoms with van der Waals surface area (Å²) in [6, 6.07) is 0. The van der Waals surface area contributed by atoms with Crippen molar-refractivity contribution < 1.29 is 9.47 Å². The van der Waals surface area contributed by atoms with Gasteiger partial charge in [0.15, 0.2) is 0 Å². The molecule has 0 heterocycles. The normalized spacial score (nSPS) is 10.5. The van der Waals surface area contributed by atoms with Gasteiger partial charge in [-0.1, -0.05) is 19.6 Å². The van der Waals surface area contributed by atoms with Gasteiger partial charge in [0.25, 0.3) is 0 Å². The van der Waals surface area contributed by atoms with Crippen molar-refractivity contribution in [3.8, 4) is 0 Å². The van der Waals surface area contributed by atoms with Gasteiger partial charge in [-0.25, -0.2) is 0 Å². The van der Waals surface area contributed by atoms with Crippen LogP contribution in [0.3, 0.4) is 0 Å². The molecular formula is C9H19O2S. The number of hydrogen-bond donors (Lipinski definition) is 0. The van der Waals surface area contributed by atoms with E-state index in [9.17, 15) is 0 Å². The Labute approximate surface area is 81.0 Å². The van der Waals surface area contributed by atoms with Gasteiger partial charge in [-0.3, -0.25) is 0 Å². The maximum Gasteiger partial charge on any atom is 0.0700 e. The van der Waals surface area contributed by atoms with Crippen molar-refractivity contribution in [1.82, 2.24) is 0 Å². The molecule has 0 N–H and O–H groups in total. The van der Waals surface area contributed by atoms with Gasteiger partial charge >= 0.3 is 0 Å². The van der Waals surface area contributed by atoms with Gasteiger partial charge in [-0.2, -0.15) is 0 Å². The van der Waals surface area contributed by atoms with E-state index < -0.39 is 0 Å². The van der Waals surface area contributed by atoms with Crippen molar-refractivity contribution in [3.63, 3.8) is 0 Å². The van der Waals surface area contributed by atoms with Gasteiger partial charge in [0, 0.05) is 19.0 Å². The Morgan fingerprint density at radius 1 is 0.917 bits per heavy atom. The van der Waals surface area contributed by atoms with Gasteiger partial charge in [0.2, 0.25) is 0 Å². The highest BCUT2D eigenvalue weighted by Gasteiger charge is 1.89. The first-order chi connectivity index (χ1) is 5.91. The van der Waals surface area contributed by atoms with Crippen LogP contribution in [0.15, 0.2) is 0 Å². The molecule has 0 aliphatic carbocycles. The van der Waals surface area contributed by atoms with E-state index in [1.807, 2.05) is 0 Å². The van der Waals surface area contributed by atoms with Crippen LogP contribution in [-0.2, 0) is 9.47 Å². The Balaban J connectivity index is 2.73. The maximum atomic E-state index is 5.31. The molecular weight excluding hydrogens is 172 g/mol. The second-order valence-electron chi connectivity index (χ2n) is 2.64. The highest BCUT2D eigenvalue weighted by atomic mass is 32.1. The van der Waals surface area contributed by atoms with Crippen LogP contribution in [-0.4, -0.2) is 32.2 Å². The first-order valence-electron chi connectivity index (χ1n) is 4.65. The van der Waals surface area contributed by atoms with Crippen LogP contribution in [0.1, 0.15) is 26.2 Å². The van der Waals surface area contributed by atoms with Crippen molar-refractivity contribution in [2.75, 3.05) is 32.2 Å². The molecule has 1 radical (unpaired) electrons. The van der Waals surface area contributed by atoms with Crippen molar-refractivity contribution in [2.24, 2.45) is 0 Å². The third-order valence-corrected chi connectivity index (χ3v) is 1.69. The molecule has 3 heteroatoms. The summed E-state index contributed by atoms with van der Waals surface area (Å²) in [5.74, 6) is 0.843. The van der Waals surface area contributed by atoms with E-state index >= 15 is 0 Å². The molecule has 2 nitrogen and oxygen atoms in total. The van der Waals surface area contributed by atoms with E-state index in [1.54, 1.807) is 0 Å². The predicted molar refractivity (Wildman–Crippen MR) is 53.6 cm³/mol. The summed E-state index contributed by atoms with van der Waals surface area (Å²) in [7, 11) is 0. The summed E-state index contributed by atoms with van der Waals surface area (Å²) in [5, 5.41) is 0. The molecule has 0 aliphatic rings. The minimum atomic E-state index is 0.720. The molecule has 0 aliphatic heterocycles. The van der Waals surface area contributed by atoms with Crippen LogP contribution in [0.2, 0.25) is 0 Å². The molecule has 0 rings (SSSR count). The van der Waals surface area contributed by atoms with Crippen LogP contribution >= 0.6 is 12.6 Å². The molecule has 0 aromatic heterocycles. The van der Waals surface area contributed by atoms with Crippen LogP contribution in [0.5, 0.6) is 0 Å². The molecule has 0 bridgehead atoms. The zero-order chi connectivity index (χ0) is 9.07. The summed E-state index contributed by atoms with van der Waals surface area (Å²) >= 11 is 4.81. The standard InChI is InChI=1S/C9H19O2S/c1-2-5-10-7-8-11-6-3-4-9-12/h2-9H2,1H3. The molecule has 0 saturated heterocycles. The Morgan fingerprint density at radius 3 is 2.17 bits per heavy atom. The van der Waals surface area contributed by atoms with E-state index in [1.165, 1.54) is 0 Å². The van der Waals surface area contributed by atoms with Gasteiger partial charge in [-0.15, -0.1) is 0 Å². The summed E-state index contributed by atoms with van der Waals surface area (Å²) in [5.41, 5.74) is 0. The molecule has 0 atom stereocenters. The third-order valence-electron chi connectivity index (χ3n) is 1.40. The first kappa shape index (κ1) is 12.3. The lowest BCUT2D eigenvalue weighted by Crippen LogP contribution is -2.05. The zero-order valence-corrected chi connectivity index (χ0v) is 8.70. The molecule has 0 amide bonds. The highest BCUT2D eigenvalue weighted by Crippen LogP contribution is 1.92. The first-order valence-corrected chi connectivity index (χ1v) is 5.23. The second-order valence-corrected chi connectivity index (χ2v) is 3.04. The fourth-order valence-electron chi connectivity index (χ4n) is 0.772. The highest BCUT2D eigenvalue weighted by molar-refractivity contribution is 7.80. The van der Waals surface area contributed by atoms with Crippen LogP contribution in [0.4, 0.5) is 0 Å². The van der Waals surface area contributed by atoms with Crippen LogP contribution in [0, 0.1) is 0 Å². The fourth-order valence-corrected chi connectivity index (χ4v) is 0.977. The maximum absolute atomic E-state index is 5.31. The van der Waals surface area contributed by atoms with Crippen LogP contribution < -0.4 is 0 Å². The molecule has 12 heavy (non-hydrogen) atoms. The van der Waals surface area contributed by atoms with Gasteiger partial charge in [-0.05, 0) is 19.3 Å². The van der Waals surface area contributed by atoms with Crippen molar-refractivity contribution in [2.45, 2.75) is 26.2 Å². The van der Waals surface area contributed by atoms with Crippen LogP contribution in [0.25, 0.3) is 0 Å². The number of unbranched alkanes of at least 4 members (excludes halogenated alkanes) is 1. The topological polar surface area (TPSA) is 18.5 Å². The zero-order valence-electron chi connectivity index (χ0n) is 7.88. The Morgan fingerprint density at radius 2 is 1.58 bits per heavy atom. The predicted octanol–water partition coefficient (Wildman–Crippen LogP) is 2.41. The lowest BCUT2D eigenvalue weighted by Gasteiger charge is -2.03. The summed E-state index contributed by atoms with van der Waals surface area (Å²) in [6.07, 6.45) is 3.25. The number of rotatable bonds is 9. The minimum Gasteiger partial charge on any atom is -0.379 e. The fraction of sp³-hybridized carbons (Fsp3) is 1.00. The smallest absolute Gasteiger partial charge is 0.0700 e. The third kappa shape index (κ3) is 10.3. The SMILES string of the molecule is CCCOCCOCCCC[S]. The Hall–Kier alpha value is 0.270. The monoisotopic (exact) mass is 191 g/mol. The molecule has 0 unspecified atom stereocenters. The second kappa shape index (κ2) is 11.3. The molecule has 0 aromatic carbocycles. The van der Waals surface area contributed by atoms with E-state index in [2.05, 4.69) is 6.92 Å². The minimum absolute atomic E-state index is 0.720. The van der Waals surface area contributed by atoms with Gasteiger partial charge in [0.05, 0.1) is 13.2 Å². The average molecular weight is 191 g/mol. The molecule has 0 aromatic rings. The molecule has 73 valence electrons.